The summed E-state index contributed by atoms with van der Waals surface area (Å²) in [5.74, 6) is 0.996. The number of aromatic nitrogens is 1. The van der Waals surface area contributed by atoms with Gasteiger partial charge >= 0.3 is 0 Å². The highest BCUT2D eigenvalue weighted by atomic mass is 35.5. The number of para-hydroxylation sites is 1. The van der Waals surface area contributed by atoms with E-state index in [0.717, 1.165) is 17.7 Å². The summed E-state index contributed by atoms with van der Waals surface area (Å²) in [5, 5.41) is 3.31. The third-order valence-corrected chi connectivity index (χ3v) is 3.91. The lowest BCUT2D eigenvalue weighted by molar-refractivity contribution is 0.0948. The molecule has 0 fully saturated rings. The Morgan fingerprint density at radius 2 is 2.24 bits per heavy atom. The number of hydrogen-bond acceptors (Lipinski definition) is 3. The van der Waals surface area contributed by atoms with Gasteiger partial charge in [0.25, 0.3) is 5.91 Å². The van der Waals surface area contributed by atoms with E-state index in [1.807, 2.05) is 24.3 Å². The lowest BCUT2D eigenvalue weighted by Gasteiger charge is -2.26. The van der Waals surface area contributed by atoms with Crippen LogP contribution in [0.25, 0.3) is 0 Å². The highest BCUT2D eigenvalue weighted by Crippen LogP contribution is 2.32. The van der Waals surface area contributed by atoms with Crippen LogP contribution in [-0.2, 0) is 0 Å². The van der Waals surface area contributed by atoms with Crippen molar-refractivity contribution in [2.45, 2.75) is 12.3 Å². The minimum Gasteiger partial charge on any atom is -0.493 e. The average molecular weight is 303 g/mol. The SMILES string of the molecule is O=C(NC[C@H]1CCOc2ccccc21)c1ccncc1Cl. The predicted molar refractivity (Wildman–Crippen MR) is 80.9 cm³/mol. The molecule has 2 aromatic rings. The molecular weight excluding hydrogens is 288 g/mol. The molecule has 5 heteroatoms. The van der Waals surface area contributed by atoms with E-state index >= 15 is 0 Å². The van der Waals surface area contributed by atoms with E-state index in [9.17, 15) is 4.79 Å². The lowest BCUT2D eigenvalue weighted by Crippen LogP contribution is -2.30. The molecule has 2 heterocycles. The molecule has 21 heavy (non-hydrogen) atoms. The molecule has 0 radical (unpaired) electrons. The number of rotatable bonds is 3. The van der Waals surface area contributed by atoms with Gasteiger partial charge in [0.05, 0.1) is 17.2 Å². The largest absolute Gasteiger partial charge is 0.493 e. The number of pyridine rings is 1. The van der Waals surface area contributed by atoms with Crippen LogP contribution in [0.1, 0.15) is 28.3 Å². The molecule has 0 saturated heterocycles. The van der Waals surface area contributed by atoms with Crippen LogP contribution in [0.3, 0.4) is 0 Å². The second kappa shape index (κ2) is 6.14. The number of benzene rings is 1. The van der Waals surface area contributed by atoms with Crippen molar-refractivity contribution < 1.29 is 9.53 Å². The van der Waals surface area contributed by atoms with Crippen LogP contribution < -0.4 is 10.1 Å². The van der Waals surface area contributed by atoms with Crippen LogP contribution in [0.2, 0.25) is 5.02 Å². The lowest BCUT2D eigenvalue weighted by atomic mass is 9.93. The molecule has 0 unspecified atom stereocenters. The number of nitrogens with one attached hydrogen (secondary N) is 1. The van der Waals surface area contributed by atoms with E-state index in [0.29, 0.717) is 23.7 Å². The number of carbonyl (C=O) groups excluding carboxylic acids is 1. The third kappa shape index (κ3) is 3.00. The maximum absolute atomic E-state index is 12.2. The Kier molecular flexibility index (Phi) is 4.06. The van der Waals surface area contributed by atoms with E-state index in [-0.39, 0.29) is 11.8 Å². The molecule has 1 aromatic carbocycles. The second-order valence-corrected chi connectivity index (χ2v) is 5.34. The van der Waals surface area contributed by atoms with Crippen molar-refractivity contribution in [3.05, 3.63) is 58.9 Å². The molecule has 1 aliphatic heterocycles. The molecule has 0 saturated carbocycles. The molecule has 4 nitrogen and oxygen atoms in total. The van der Waals surface area contributed by atoms with Gasteiger partial charge in [0.15, 0.2) is 0 Å². The third-order valence-electron chi connectivity index (χ3n) is 3.61. The summed E-state index contributed by atoms with van der Waals surface area (Å²) in [6.07, 6.45) is 3.92. The van der Waals surface area contributed by atoms with Crippen LogP contribution >= 0.6 is 11.6 Å². The summed E-state index contributed by atoms with van der Waals surface area (Å²) in [5.41, 5.74) is 1.59. The zero-order chi connectivity index (χ0) is 14.7. The van der Waals surface area contributed by atoms with Crippen LogP contribution in [0.4, 0.5) is 0 Å². The Hall–Kier alpha value is -2.07. The molecule has 0 aliphatic carbocycles. The number of ether oxygens (including phenoxy) is 1. The Labute approximate surface area is 128 Å². The summed E-state index contributed by atoms with van der Waals surface area (Å²) in [7, 11) is 0. The van der Waals surface area contributed by atoms with Gasteiger partial charge in [-0.15, -0.1) is 0 Å². The standard InChI is InChI=1S/C16H15ClN2O2/c17-14-10-18-7-5-13(14)16(20)19-9-11-6-8-21-15-4-2-1-3-12(11)15/h1-5,7,10-11H,6,8-9H2,(H,19,20)/t11-/m1/s1. The average Bonchev–Trinajstić information content (AvgIpc) is 2.53. The number of fused-ring (bicyclic) bond motifs is 1. The second-order valence-electron chi connectivity index (χ2n) is 4.94. The maximum Gasteiger partial charge on any atom is 0.252 e. The molecule has 1 amide bonds. The van der Waals surface area contributed by atoms with E-state index in [1.165, 1.54) is 6.20 Å². The van der Waals surface area contributed by atoms with Gasteiger partial charge in [-0.3, -0.25) is 9.78 Å². The Morgan fingerprint density at radius 3 is 3.10 bits per heavy atom. The van der Waals surface area contributed by atoms with E-state index < -0.39 is 0 Å². The van der Waals surface area contributed by atoms with Crippen molar-refractivity contribution >= 4 is 17.5 Å². The molecule has 3 rings (SSSR count). The smallest absolute Gasteiger partial charge is 0.252 e. The first-order valence-electron chi connectivity index (χ1n) is 6.85. The van der Waals surface area contributed by atoms with E-state index in [4.69, 9.17) is 16.3 Å². The zero-order valence-corrected chi connectivity index (χ0v) is 12.1. The fraction of sp³-hybridized carbons (Fsp3) is 0.250. The first-order valence-corrected chi connectivity index (χ1v) is 7.23. The van der Waals surface area contributed by atoms with Gasteiger partial charge in [0.2, 0.25) is 0 Å². The quantitative estimate of drug-likeness (QED) is 0.948. The summed E-state index contributed by atoms with van der Waals surface area (Å²) >= 11 is 5.98. The zero-order valence-electron chi connectivity index (χ0n) is 11.4. The Balaban J connectivity index is 1.69. The highest BCUT2D eigenvalue weighted by Gasteiger charge is 2.22. The predicted octanol–water partition coefficient (Wildman–Crippen LogP) is 3.03. The summed E-state index contributed by atoms with van der Waals surface area (Å²) < 4.78 is 5.62. The maximum atomic E-state index is 12.2. The number of nitrogens with zero attached hydrogens (tertiary/aromatic N) is 1. The molecule has 1 atom stereocenters. The first-order chi connectivity index (χ1) is 10.3. The van der Waals surface area contributed by atoms with Crippen molar-refractivity contribution in [1.82, 2.24) is 10.3 Å². The topological polar surface area (TPSA) is 51.2 Å². The minimum absolute atomic E-state index is 0.175. The molecule has 1 N–H and O–H groups in total. The molecular formula is C16H15ClN2O2. The number of carbonyl (C=O) groups is 1. The van der Waals surface area contributed by atoms with Crippen LogP contribution in [0.5, 0.6) is 5.75 Å². The number of hydrogen-bond donors (Lipinski definition) is 1. The normalized spacial score (nSPS) is 16.7. The van der Waals surface area contributed by atoms with Crippen LogP contribution in [0, 0.1) is 0 Å². The van der Waals surface area contributed by atoms with Gasteiger partial charge in [-0.25, -0.2) is 0 Å². The Morgan fingerprint density at radius 1 is 1.38 bits per heavy atom. The van der Waals surface area contributed by atoms with E-state index in [1.54, 1.807) is 12.3 Å². The molecule has 1 aromatic heterocycles. The van der Waals surface area contributed by atoms with Crippen molar-refractivity contribution in [2.75, 3.05) is 13.2 Å². The molecule has 0 bridgehead atoms. The van der Waals surface area contributed by atoms with Crippen LogP contribution in [0.15, 0.2) is 42.7 Å². The van der Waals surface area contributed by atoms with Gasteiger partial charge < -0.3 is 10.1 Å². The monoisotopic (exact) mass is 302 g/mol. The van der Waals surface area contributed by atoms with Gasteiger partial charge in [-0.05, 0) is 24.1 Å². The Bertz CT molecular complexity index is 660. The molecule has 0 spiro atoms. The highest BCUT2D eigenvalue weighted by molar-refractivity contribution is 6.33. The van der Waals surface area contributed by atoms with Gasteiger partial charge in [-0.2, -0.15) is 0 Å². The van der Waals surface area contributed by atoms with Crippen molar-refractivity contribution in [3.63, 3.8) is 0 Å². The molecule has 108 valence electrons. The van der Waals surface area contributed by atoms with Gasteiger partial charge in [0.1, 0.15) is 5.75 Å². The van der Waals surface area contributed by atoms with Crippen LogP contribution in [-0.4, -0.2) is 24.0 Å². The summed E-state index contributed by atoms with van der Waals surface area (Å²) in [6.45, 7) is 1.24. The van der Waals surface area contributed by atoms with Gasteiger partial charge in [0, 0.05) is 24.9 Å². The van der Waals surface area contributed by atoms with Crippen molar-refractivity contribution in [2.24, 2.45) is 0 Å². The minimum atomic E-state index is -0.175. The number of halogens is 1. The van der Waals surface area contributed by atoms with Gasteiger partial charge in [-0.1, -0.05) is 29.8 Å². The first kappa shape index (κ1) is 13.9. The summed E-state index contributed by atoms with van der Waals surface area (Å²) in [6, 6.07) is 9.57. The summed E-state index contributed by atoms with van der Waals surface area (Å²) in [4.78, 5) is 16.0. The molecule has 1 aliphatic rings. The van der Waals surface area contributed by atoms with Crippen molar-refractivity contribution in [1.29, 1.82) is 0 Å². The fourth-order valence-electron chi connectivity index (χ4n) is 2.50. The van der Waals surface area contributed by atoms with Crippen molar-refractivity contribution in [3.8, 4) is 5.75 Å². The fourth-order valence-corrected chi connectivity index (χ4v) is 2.70. The van der Waals surface area contributed by atoms with E-state index in [2.05, 4.69) is 10.3 Å². The number of amides is 1.